The quantitative estimate of drug-likeness (QED) is 0.150. The number of carbonyl (C=O) groups is 5. The number of phenolic OH excluding ortho intramolecular Hbond substituents is 2. The molecule has 0 radical (unpaired) electrons. The predicted molar refractivity (Wildman–Crippen MR) is 157 cm³/mol. The Morgan fingerprint density at radius 2 is 1.61 bits per heavy atom. The smallest absolute Gasteiger partial charge is 0.326 e. The second-order valence-electron chi connectivity index (χ2n) is 10.8. The van der Waals surface area contributed by atoms with Crippen molar-refractivity contribution in [1.82, 2.24) is 15.5 Å². The Morgan fingerprint density at radius 3 is 2.14 bits per heavy atom. The number of primary amides is 1. The minimum atomic E-state index is -1.53. The molecule has 1 aliphatic heterocycles. The number of amides is 4. The first-order chi connectivity index (χ1) is 20.7. The fourth-order valence-electron chi connectivity index (χ4n) is 4.88. The first-order valence-corrected chi connectivity index (χ1v) is 13.9. The number of carboxylic acids is 1. The molecule has 2 aromatic carbocycles. The van der Waals surface area contributed by atoms with Gasteiger partial charge in [0, 0.05) is 39.3 Å². The molecule has 12 N–H and O–H groups in total. The van der Waals surface area contributed by atoms with E-state index in [4.69, 9.17) is 17.2 Å². The molecular weight excluding hydrogens is 576 g/mol. The van der Waals surface area contributed by atoms with Crippen molar-refractivity contribution in [3.63, 3.8) is 0 Å². The summed E-state index contributed by atoms with van der Waals surface area (Å²) in [5.41, 5.74) is 18.6. The molecule has 44 heavy (non-hydrogen) atoms. The number of phenols is 2. The van der Waals surface area contributed by atoms with Gasteiger partial charge in [-0.3, -0.25) is 19.2 Å². The van der Waals surface area contributed by atoms with Crippen molar-refractivity contribution >= 4 is 29.6 Å². The number of rotatable bonds is 9. The molecule has 1 aliphatic rings. The van der Waals surface area contributed by atoms with Crippen LogP contribution in [-0.2, 0) is 36.8 Å². The zero-order chi connectivity index (χ0) is 32.7. The molecule has 0 spiro atoms. The molecule has 1 heterocycles. The highest BCUT2D eigenvalue weighted by Gasteiger charge is 2.36. The van der Waals surface area contributed by atoms with Gasteiger partial charge in [0.05, 0.1) is 12.1 Å². The summed E-state index contributed by atoms with van der Waals surface area (Å²) in [5, 5.41) is 45.9. The molecule has 0 saturated carbocycles. The highest BCUT2D eigenvalue weighted by molar-refractivity contribution is 5.94. The second kappa shape index (κ2) is 14.6. The molecule has 0 saturated heterocycles. The van der Waals surface area contributed by atoms with Crippen molar-refractivity contribution in [2.75, 3.05) is 13.6 Å². The summed E-state index contributed by atoms with van der Waals surface area (Å²) in [7, 11) is 1.25. The van der Waals surface area contributed by atoms with Gasteiger partial charge in [0.25, 0.3) is 0 Å². The number of benzene rings is 2. The number of aliphatic hydroxyl groups excluding tert-OH is 1. The van der Waals surface area contributed by atoms with Crippen molar-refractivity contribution in [1.29, 1.82) is 0 Å². The number of carbonyl (C=O) groups excluding carboxylic acids is 4. The minimum absolute atomic E-state index is 0.112. The summed E-state index contributed by atoms with van der Waals surface area (Å²) >= 11 is 0. The number of nitrogens with two attached hydrogens (primary N) is 3. The van der Waals surface area contributed by atoms with E-state index < -0.39 is 59.9 Å². The Morgan fingerprint density at radius 1 is 1.05 bits per heavy atom. The van der Waals surface area contributed by atoms with Crippen LogP contribution in [0.5, 0.6) is 11.5 Å². The van der Waals surface area contributed by atoms with Crippen molar-refractivity contribution in [2.24, 2.45) is 17.2 Å². The van der Waals surface area contributed by atoms with Gasteiger partial charge in [-0.05, 0) is 52.9 Å². The number of hydrogen-bond donors (Lipinski definition) is 9. The summed E-state index contributed by atoms with van der Waals surface area (Å²) < 4.78 is 0. The Bertz CT molecular complexity index is 1420. The molecule has 15 heteroatoms. The Kier molecular flexibility index (Phi) is 11.2. The van der Waals surface area contributed by atoms with E-state index >= 15 is 0 Å². The highest BCUT2D eigenvalue weighted by Crippen LogP contribution is 2.31. The third-order valence-corrected chi connectivity index (χ3v) is 7.49. The number of nitrogens with zero attached hydrogens (tertiary/aromatic N) is 1. The molecule has 4 amide bonds. The average Bonchev–Trinajstić information content (AvgIpc) is 2.97. The molecule has 2 aromatic rings. The van der Waals surface area contributed by atoms with Crippen LogP contribution < -0.4 is 27.8 Å². The number of aromatic hydroxyl groups is 2. The van der Waals surface area contributed by atoms with E-state index in [1.54, 1.807) is 24.3 Å². The Hall–Kier alpha value is -4.73. The number of fused-ring (bicyclic) bond motifs is 5. The Labute approximate surface area is 253 Å². The van der Waals surface area contributed by atoms with Crippen molar-refractivity contribution in [2.45, 2.75) is 62.4 Å². The lowest BCUT2D eigenvalue weighted by molar-refractivity contribution is -0.145. The lowest BCUT2D eigenvalue weighted by Crippen LogP contribution is -2.59. The van der Waals surface area contributed by atoms with Gasteiger partial charge in [-0.15, -0.1) is 0 Å². The lowest BCUT2D eigenvalue weighted by atomic mass is 9.95. The van der Waals surface area contributed by atoms with Crippen LogP contribution in [0.3, 0.4) is 0 Å². The third kappa shape index (κ3) is 8.43. The van der Waals surface area contributed by atoms with Crippen LogP contribution in [0, 0.1) is 0 Å². The van der Waals surface area contributed by atoms with Crippen LogP contribution in [0.25, 0.3) is 11.1 Å². The van der Waals surface area contributed by atoms with Crippen LogP contribution in [0.2, 0.25) is 0 Å². The molecule has 15 nitrogen and oxygen atoms in total. The number of carboxylic acid groups (broad SMARTS) is 1. The summed E-state index contributed by atoms with van der Waals surface area (Å²) in [6.45, 7) is -0.249. The van der Waals surface area contributed by atoms with Gasteiger partial charge in [-0.2, -0.15) is 0 Å². The normalized spacial score (nSPS) is 20.5. The SMILES string of the molecule is CN1C(=O)[C@H](C[C@@H](O)CN)NC(=O)[C@H](N)Cc2cc(ccc2O)-c2ccc(O)c(c2)C[C@H]1C(=O)N[C@@H](CCC(N)=O)C(=O)O. The van der Waals surface area contributed by atoms with Crippen molar-refractivity contribution in [3.8, 4) is 22.6 Å². The van der Waals surface area contributed by atoms with E-state index in [-0.39, 0.29) is 55.7 Å². The standard InChI is InChI=1S/C29H38N6O9/c1-35-22(27(41)33-20(29(43)44)4-7-25(32)39)11-17-9-15(3-6-24(17)38)14-2-5-23(37)16(8-14)10-19(31)26(40)34-21(28(35)42)12-18(36)13-30/h2-3,5-6,8-9,18-22,36-38H,4,7,10-13,30-31H2,1H3,(H2,32,39)(H,33,41)(H,34,40)(H,43,44)/t18-,19-,20+,21+,22+/m1/s1. The van der Waals surface area contributed by atoms with E-state index in [2.05, 4.69) is 10.6 Å². The zero-order valence-corrected chi connectivity index (χ0v) is 24.1. The minimum Gasteiger partial charge on any atom is -0.508 e. The topological polar surface area (TPSA) is 272 Å². The number of likely N-dealkylation sites (N-methyl/N-ethyl adjacent to an activating group) is 1. The molecule has 238 valence electrons. The average molecular weight is 615 g/mol. The molecule has 0 aliphatic carbocycles. The van der Waals surface area contributed by atoms with Crippen molar-refractivity contribution in [3.05, 3.63) is 47.5 Å². The van der Waals surface area contributed by atoms with E-state index in [1.807, 2.05) is 0 Å². The van der Waals surface area contributed by atoms with Crippen LogP contribution in [-0.4, -0.2) is 98.8 Å². The van der Waals surface area contributed by atoms with Gasteiger partial charge >= 0.3 is 5.97 Å². The van der Waals surface area contributed by atoms with Crippen LogP contribution in [0.4, 0.5) is 0 Å². The number of aliphatic carboxylic acids is 1. The van der Waals surface area contributed by atoms with Crippen LogP contribution in [0.1, 0.15) is 30.4 Å². The second-order valence-corrected chi connectivity index (χ2v) is 10.8. The van der Waals surface area contributed by atoms with Gasteiger partial charge < -0.3 is 53.2 Å². The monoisotopic (exact) mass is 614 g/mol. The highest BCUT2D eigenvalue weighted by atomic mass is 16.4. The van der Waals surface area contributed by atoms with Gasteiger partial charge in [-0.1, -0.05) is 12.1 Å². The molecule has 4 bridgehead atoms. The summed E-state index contributed by atoms with van der Waals surface area (Å²) in [4.78, 5) is 64.7. The molecule has 0 unspecified atom stereocenters. The maximum atomic E-state index is 13.8. The third-order valence-electron chi connectivity index (χ3n) is 7.49. The molecular formula is C29H38N6O9. The molecule has 0 fully saturated rings. The summed E-state index contributed by atoms with van der Waals surface area (Å²) in [5.74, 6) is -5.10. The maximum absolute atomic E-state index is 13.8. The molecule has 0 aromatic heterocycles. The fraction of sp³-hybridized carbons (Fsp3) is 0.414. The lowest BCUT2D eigenvalue weighted by Gasteiger charge is -2.32. The van der Waals surface area contributed by atoms with Gasteiger partial charge in [0.1, 0.15) is 29.6 Å². The van der Waals surface area contributed by atoms with Gasteiger partial charge in [0.15, 0.2) is 0 Å². The van der Waals surface area contributed by atoms with Crippen LogP contribution >= 0.6 is 0 Å². The predicted octanol–water partition coefficient (Wildman–Crippen LogP) is -1.95. The van der Waals surface area contributed by atoms with E-state index in [9.17, 15) is 44.4 Å². The van der Waals surface area contributed by atoms with Gasteiger partial charge in [-0.25, -0.2) is 4.79 Å². The zero-order valence-electron chi connectivity index (χ0n) is 24.1. The Balaban J connectivity index is 2.14. The maximum Gasteiger partial charge on any atom is 0.326 e. The number of aliphatic hydroxyl groups is 1. The summed E-state index contributed by atoms with van der Waals surface area (Å²) in [6.07, 6.45) is -2.64. The van der Waals surface area contributed by atoms with E-state index in [0.717, 1.165) is 4.90 Å². The largest absolute Gasteiger partial charge is 0.508 e. The van der Waals surface area contributed by atoms with Crippen molar-refractivity contribution < 1.29 is 44.4 Å². The molecule has 5 atom stereocenters. The summed E-state index contributed by atoms with van der Waals surface area (Å²) in [6, 6.07) is 3.59. The molecule has 3 rings (SSSR count). The van der Waals surface area contributed by atoms with E-state index in [0.29, 0.717) is 16.7 Å². The number of hydrogen-bond acceptors (Lipinski definition) is 10. The van der Waals surface area contributed by atoms with Crippen LogP contribution in [0.15, 0.2) is 36.4 Å². The number of nitrogens with one attached hydrogen (secondary N) is 2. The first kappa shape index (κ1) is 33.8. The first-order valence-electron chi connectivity index (χ1n) is 13.9. The fourth-order valence-corrected chi connectivity index (χ4v) is 4.88. The van der Waals surface area contributed by atoms with Gasteiger partial charge in [0.2, 0.25) is 23.6 Å². The van der Waals surface area contributed by atoms with E-state index in [1.165, 1.54) is 19.2 Å².